The number of morpholine rings is 1. The molecule has 4 rings (SSSR count). The summed E-state index contributed by atoms with van der Waals surface area (Å²) in [7, 11) is 0. The summed E-state index contributed by atoms with van der Waals surface area (Å²) in [4.78, 5) is 30.1. The number of fused-ring (bicyclic) bond motifs is 1. The maximum atomic E-state index is 12.8. The summed E-state index contributed by atoms with van der Waals surface area (Å²) in [6.07, 6.45) is 1.61. The first-order valence-electron chi connectivity index (χ1n) is 9.11. The minimum atomic E-state index is -0.337. The average molecular weight is 373 g/mol. The van der Waals surface area contributed by atoms with Crippen molar-refractivity contribution in [3.05, 3.63) is 35.2 Å². The zero-order chi connectivity index (χ0) is 17.9. The van der Waals surface area contributed by atoms with E-state index < -0.39 is 0 Å². The molecule has 3 amide bonds. The van der Waals surface area contributed by atoms with Crippen molar-refractivity contribution in [1.29, 1.82) is 0 Å². The van der Waals surface area contributed by atoms with Gasteiger partial charge in [0.15, 0.2) is 0 Å². The van der Waals surface area contributed by atoms with E-state index in [1.165, 1.54) is 10.1 Å². The van der Waals surface area contributed by atoms with Crippen LogP contribution in [-0.4, -0.2) is 60.6 Å². The van der Waals surface area contributed by atoms with Crippen LogP contribution in [-0.2, 0) is 16.1 Å². The van der Waals surface area contributed by atoms with Crippen molar-refractivity contribution >= 4 is 33.4 Å². The number of hydrogen-bond donors (Lipinski definition) is 1. The third-order valence-electron chi connectivity index (χ3n) is 5.01. The van der Waals surface area contributed by atoms with Gasteiger partial charge < -0.3 is 19.9 Å². The van der Waals surface area contributed by atoms with Crippen LogP contribution >= 0.6 is 11.3 Å². The molecule has 2 aliphatic rings. The molecule has 0 spiro atoms. The Morgan fingerprint density at radius 2 is 2.00 bits per heavy atom. The third-order valence-corrected chi connectivity index (χ3v) is 6.13. The molecule has 2 aliphatic heterocycles. The summed E-state index contributed by atoms with van der Waals surface area (Å²) in [5.41, 5.74) is 0. The molecule has 26 heavy (non-hydrogen) atoms. The molecule has 6 nitrogen and oxygen atoms in total. The zero-order valence-electron chi connectivity index (χ0n) is 14.6. The second-order valence-electron chi connectivity index (χ2n) is 6.70. The summed E-state index contributed by atoms with van der Waals surface area (Å²) in [5.74, 6) is 0.0582. The Kier molecular flexibility index (Phi) is 5.08. The van der Waals surface area contributed by atoms with Gasteiger partial charge in [-0.3, -0.25) is 4.79 Å². The molecule has 0 radical (unpaired) electrons. The van der Waals surface area contributed by atoms with Crippen molar-refractivity contribution in [2.45, 2.75) is 25.4 Å². The Labute approximate surface area is 156 Å². The van der Waals surface area contributed by atoms with Crippen molar-refractivity contribution in [3.8, 4) is 0 Å². The molecule has 3 heterocycles. The summed E-state index contributed by atoms with van der Waals surface area (Å²) >= 11 is 1.69. The quantitative estimate of drug-likeness (QED) is 0.899. The number of carbonyl (C=O) groups is 2. The highest BCUT2D eigenvalue weighted by atomic mass is 32.1. The summed E-state index contributed by atoms with van der Waals surface area (Å²) in [6.45, 7) is 3.53. The first kappa shape index (κ1) is 17.3. The molecule has 1 atom stereocenters. The minimum Gasteiger partial charge on any atom is -0.378 e. The van der Waals surface area contributed by atoms with Gasteiger partial charge in [-0.2, -0.15) is 0 Å². The van der Waals surface area contributed by atoms with E-state index in [1.54, 1.807) is 16.2 Å². The standard InChI is InChI=1S/C19H23N3O3S/c23-18(21-8-10-25-11-9-21)16-5-3-7-22(16)19(24)20-13-15-12-14-4-1-2-6-17(14)26-15/h1-2,4,6,12,16H,3,5,7-11,13H2,(H,20,24)/t16-/m0/s1. The largest absolute Gasteiger partial charge is 0.378 e. The van der Waals surface area contributed by atoms with E-state index in [0.717, 1.165) is 17.7 Å². The molecule has 0 unspecified atom stereocenters. The van der Waals surface area contributed by atoms with Crippen LogP contribution in [0.5, 0.6) is 0 Å². The summed E-state index contributed by atoms with van der Waals surface area (Å²) < 4.78 is 6.53. The minimum absolute atomic E-state index is 0.0582. The molecule has 0 bridgehead atoms. The van der Waals surface area contributed by atoms with Gasteiger partial charge in [0.05, 0.1) is 19.8 Å². The summed E-state index contributed by atoms with van der Waals surface area (Å²) in [5, 5.41) is 4.19. The lowest BCUT2D eigenvalue weighted by atomic mass is 10.2. The lowest BCUT2D eigenvalue weighted by Crippen LogP contribution is -2.52. The number of nitrogens with one attached hydrogen (secondary N) is 1. The van der Waals surface area contributed by atoms with Crippen LogP contribution in [0, 0.1) is 0 Å². The Hall–Kier alpha value is -2.12. The van der Waals surface area contributed by atoms with Gasteiger partial charge in [0.1, 0.15) is 6.04 Å². The molecule has 2 aromatic rings. The van der Waals surface area contributed by atoms with Crippen LogP contribution in [0.2, 0.25) is 0 Å². The number of benzene rings is 1. The molecule has 0 saturated carbocycles. The van der Waals surface area contributed by atoms with Gasteiger partial charge in [-0.15, -0.1) is 11.3 Å². The van der Waals surface area contributed by atoms with E-state index in [0.29, 0.717) is 39.4 Å². The predicted octanol–water partition coefficient (Wildman–Crippen LogP) is 2.43. The highest BCUT2D eigenvalue weighted by molar-refractivity contribution is 7.19. The lowest BCUT2D eigenvalue weighted by Gasteiger charge is -2.32. The molecule has 0 aliphatic carbocycles. The maximum absolute atomic E-state index is 12.8. The normalized spacial score (nSPS) is 20.5. The Balaban J connectivity index is 1.37. The number of carbonyl (C=O) groups excluding carboxylic acids is 2. The molecule has 1 N–H and O–H groups in total. The highest BCUT2D eigenvalue weighted by Crippen LogP contribution is 2.25. The molecule has 1 aromatic carbocycles. The van der Waals surface area contributed by atoms with Crippen LogP contribution in [0.4, 0.5) is 4.79 Å². The number of hydrogen-bond acceptors (Lipinski definition) is 4. The lowest BCUT2D eigenvalue weighted by molar-refractivity contribution is -0.139. The molecular formula is C19H23N3O3S. The van der Waals surface area contributed by atoms with E-state index in [4.69, 9.17) is 4.74 Å². The van der Waals surface area contributed by atoms with E-state index in [1.807, 2.05) is 17.0 Å². The van der Waals surface area contributed by atoms with Crippen LogP contribution in [0.3, 0.4) is 0 Å². The van der Waals surface area contributed by atoms with Gasteiger partial charge in [-0.25, -0.2) is 4.79 Å². The number of amides is 3. The Morgan fingerprint density at radius 1 is 1.19 bits per heavy atom. The first-order valence-corrected chi connectivity index (χ1v) is 9.92. The van der Waals surface area contributed by atoms with Crippen molar-refractivity contribution in [3.63, 3.8) is 0 Å². The van der Waals surface area contributed by atoms with Gasteiger partial charge >= 0.3 is 6.03 Å². The van der Waals surface area contributed by atoms with Crippen LogP contribution in [0.1, 0.15) is 17.7 Å². The average Bonchev–Trinajstić information content (AvgIpc) is 3.33. The van der Waals surface area contributed by atoms with Gasteiger partial charge in [0, 0.05) is 29.2 Å². The van der Waals surface area contributed by atoms with E-state index >= 15 is 0 Å². The maximum Gasteiger partial charge on any atom is 0.318 e. The number of thiophene rings is 1. The fraction of sp³-hybridized carbons (Fsp3) is 0.474. The monoisotopic (exact) mass is 373 g/mol. The van der Waals surface area contributed by atoms with Crippen molar-refractivity contribution in [1.82, 2.24) is 15.1 Å². The van der Waals surface area contributed by atoms with Crippen molar-refractivity contribution in [2.24, 2.45) is 0 Å². The number of nitrogens with zero attached hydrogens (tertiary/aromatic N) is 2. The van der Waals surface area contributed by atoms with Crippen LogP contribution in [0.15, 0.2) is 30.3 Å². The molecule has 2 fully saturated rings. The van der Waals surface area contributed by atoms with E-state index in [2.05, 4.69) is 23.5 Å². The van der Waals surface area contributed by atoms with Gasteiger partial charge in [0.25, 0.3) is 0 Å². The number of ether oxygens (including phenoxy) is 1. The molecule has 138 valence electrons. The van der Waals surface area contributed by atoms with Crippen LogP contribution in [0.25, 0.3) is 10.1 Å². The molecule has 2 saturated heterocycles. The second kappa shape index (κ2) is 7.63. The Bertz CT molecular complexity index is 767. The van der Waals surface area contributed by atoms with Gasteiger partial charge in [-0.1, -0.05) is 18.2 Å². The van der Waals surface area contributed by atoms with E-state index in [9.17, 15) is 9.59 Å². The SMILES string of the molecule is O=C([C@@H]1CCCN1C(=O)NCc1cc2ccccc2s1)N1CCOCC1. The fourth-order valence-corrected chi connectivity index (χ4v) is 4.65. The fourth-order valence-electron chi connectivity index (χ4n) is 3.65. The summed E-state index contributed by atoms with van der Waals surface area (Å²) in [6, 6.07) is 9.83. The number of rotatable bonds is 3. The van der Waals surface area contributed by atoms with Gasteiger partial charge in [0.2, 0.25) is 5.91 Å². The Morgan fingerprint density at radius 3 is 2.81 bits per heavy atom. The third kappa shape index (κ3) is 3.54. The van der Waals surface area contributed by atoms with Crippen LogP contribution < -0.4 is 5.32 Å². The van der Waals surface area contributed by atoms with Crippen molar-refractivity contribution in [2.75, 3.05) is 32.8 Å². The number of urea groups is 1. The second-order valence-corrected chi connectivity index (χ2v) is 7.87. The topological polar surface area (TPSA) is 61.9 Å². The van der Waals surface area contributed by atoms with E-state index in [-0.39, 0.29) is 18.0 Å². The first-order chi connectivity index (χ1) is 12.7. The highest BCUT2D eigenvalue weighted by Gasteiger charge is 2.36. The predicted molar refractivity (Wildman–Crippen MR) is 101 cm³/mol. The molecule has 1 aromatic heterocycles. The smallest absolute Gasteiger partial charge is 0.318 e. The molecular weight excluding hydrogens is 350 g/mol. The molecule has 7 heteroatoms. The van der Waals surface area contributed by atoms with Gasteiger partial charge in [-0.05, 0) is 30.4 Å². The zero-order valence-corrected chi connectivity index (χ0v) is 15.5. The number of likely N-dealkylation sites (tertiary alicyclic amines) is 1. The van der Waals surface area contributed by atoms with Crippen molar-refractivity contribution < 1.29 is 14.3 Å².